The Labute approximate surface area is 120 Å². The van der Waals surface area contributed by atoms with Crippen LogP contribution in [0.25, 0.3) is 0 Å². The molecular formula is C11H13FN4O4S. The Kier molecular flexibility index (Phi) is 4.38. The molecule has 0 fully saturated rings. The van der Waals surface area contributed by atoms with E-state index >= 15 is 0 Å². The summed E-state index contributed by atoms with van der Waals surface area (Å²) >= 11 is 0. The molecule has 21 heavy (non-hydrogen) atoms. The standard InChI is InChI=1S/C11H13FN4O4S/c1-19-11-8(12)4-7(5-9(11)13)21(17,18)15-3-2-10-14-6-20-16-10/h4-6,15H,2-3,13H2,1H3. The largest absolute Gasteiger partial charge is 0.492 e. The van der Waals surface area contributed by atoms with E-state index in [9.17, 15) is 12.8 Å². The summed E-state index contributed by atoms with van der Waals surface area (Å²) in [6.45, 7) is 0.0371. The van der Waals surface area contributed by atoms with Crippen molar-refractivity contribution in [2.24, 2.45) is 0 Å². The number of nitrogens with two attached hydrogens (primary N) is 1. The van der Waals surface area contributed by atoms with E-state index in [4.69, 9.17) is 10.5 Å². The van der Waals surface area contributed by atoms with E-state index in [2.05, 4.69) is 19.4 Å². The van der Waals surface area contributed by atoms with Crippen molar-refractivity contribution in [3.63, 3.8) is 0 Å². The lowest BCUT2D eigenvalue weighted by Gasteiger charge is -2.10. The van der Waals surface area contributed by atoms with E-state index < -0.39 is 15.8 Å². The zero-order valence-corrected chi connectivity index (χ0v) is 11.9. The zero-order chi connectivity index (χ0) is 15.5. The summed E-state index contributed by atoms with van der Waals surface area (Å²) in [5, 5.41) is 3.54. The molecular weight excluding hydrogens is 303 g/mol. The quantitative estimate of drug-likeness (QED) is 0.736. The fourth-order valence-electron chi connectivity index (χ4n) is 1.64. The maximum Gasteiger partial charge on any atom is 0.240 e. The maximum atomic E-state index is 13.7. The van der Waals surface area contributed by atoms with Gasteiger partial charge in [0.2, 0.25) is 16.4 Å². The summed E-state index contributed by atoms with van der Waals surface area (Å²) in [7, 11) is -2.65. The molecule has 1 heterocycles. The van der Waals surface area contributed by atoms with Crippen molar-refractivity contribution >= 4 is 15.7 Å². The maximum absolute atomic E-state index is 13.7. The van der Waals surface area contributed by atoms with Gasteiger partial charge in [-0.2, -0.15) is 4.98 Å². The first-order chi connectivity index (χ1) is 9.94. The molecule has 0 saturated heterocycles. The minimum atomic E-state index is -3.90. The lowest BCUT2D eigenvalue weighted by Crippen LogP contribution is -2.26. The number of rotatable bonds is 6. The normalized spacial score (nSPS) is 11.5. The average molecular weight is 316 g/mol. The van der Waals surface area contributed by atoms with E-state index in [-0.39, 0.29) is 29.3 Å². The predicted molar refractivity (Wildman–Crippen MR) is 70.6 cm³/mol. The summed E-state index contributed by atoms with van der Waals surface area (Å²) in [5.74, 6) is -0.685. The Morgan fingerprint density at radius 3 is 2.81 bits per heavy atom. The molecule has 1 aromatic carbocycles. The summed E-state index contributed by atoms with van der Waals surface area (Å²) < 4.78 is 49.3. The van der Waals surface area contributed by atoms with Crippen LogP contribution >= 0.6 is 0 Å². The van der Waals surface area contributed by atoms with Gasteiger partial charge in [-0.05, 0) is 12.1 Å². The van der Waals surface area contributed by atoms with Crippen LogP contribution in [0.2, 0.25) is 0 Å². The highest BCUT2D eigenvalue weighted by atomic mass is 32.2. The highest BCUT2D eigenvalue weighted by Crippen LogP contribution is 2.28. The molecule has 114 valence electrons. The van der Waals surface area contributed by atoms with Crippen molar-refractivity contribution in [2.45, 2.75) is 11.3 Å². The smallest absolute Gasteiger partial charge is 0.240 e. The van der Waals surface area contributed by atoms with Gasteiger partial charge in [0, 0.05) is 13.0 Å². The van der Waals surface area contributed by atoms with Crippen LogP contribution in [0.3, 0.4) is 0 Å². The van der Waals surface area contributed by atoms with Crippen LogP contribution in [0.15, 0.2) is 27.9 Å². The van der Waals surface area contributed by atoms with Gasteiger partial charge in [-0.15, -0.1) is 0 Å². The number of anilines is 1. The lowest BCUT2D eigenvalue weighted by atomic mass is 10.3. The Bertz CT molecular complexity index is 695. The van der Waals surface area contributed by atoms with Gasteiger partial charge in [-0.25, -0.2) is 17.5 Å². The highest BCUT2D eigenvalue weighted by Gasteiger charge is 2.19. The molecule has 2 rings (SSSR count). The molecule has 0 saturated carbocycles. The zero-order valence-electron chi connectivity index (χ0n) is 11.0. The van der Waals surface area contributed by atoms with Crippen LogP contribution in [0.5, 0.6) is 5.75 Å². The lowest BCUT2D eigenvalue weighted by molar-refractivity contribution is 0.388. The molecule has 0 spiro atoms. The molecule has 0 aliphatic carbocycles. The number of nitrogens with one attached hydrogen (secondary N) is 1. The number of hydrogen-bond acceptors (Lipinski definition) is 7. The Morgan fingerprint density at radius 1 is 1.48 bits per heavy atom. The molecule has 10 heteroatoms. The van der Waals surface area contributed by atoms with Gasteiger partial charge < -0.3 is 15.0 Å². The summed E-state index contributed by atoms with van der Waals surface area (Å²) in [4.78, 5) is 3.46. The van der Waals surface area contributed by atoms with Gasteiger partial charge in [0.05, 0.1) is 17.7 Å². The first-order valence-electron chi connectivity index (χ1n) is 5.82. The van der Waals surface area contributed by atoms with Crippen LogP contribution in [-0.4, -0.2) is 32.2 Å². The number of methoxy groups -OCH3 is 1. The third-order valence-corrected chi connectivity index (χ3v) is 4.05. The number of halogens is 1. The van der Waals surface area contributed by atoms with Gasteiger partial charge in [0.15, 0.2) is 17.4 Å². The molecule has 0 aliphatic rings. The molecule has 0 amide bonds. The first-order valence-corrected chi connectivity index (χ1v) is 7.30. The molecule has 0 atom stereocenters. The second-order valence-corrected chi connectivity index (χ2v) is 5.79. The third-order valence-electron chi connectivity index (χ3n) is 2.61. The Morgan fingerprint density at radius 2 is 2.24 bits per heavy atom. The predicted octanol–water partition coefficient (Wildman–Crippen LogP) is 0.320. The molecule has 3 N–H and O–H groups in total. The minimum absolute atomic E-state index is 0.0371. The fourth-order valence-corrected chi connectivity index (χ4v) is 2.72. The SMILES string of the molecule is COc1c(N)cc(S(=O)(=O)NCCc2ncon2)cc1F. The summed E-state index contributed by atoms with van der Waals surface area (Å²) in [6, 6.07) is 1.96. The molecule has 2 aromatic rings. The molecule has 1 aromatic heterocycles. The van der Waals surface area contributed by atoms with E-state index in [1.807, 2.05) is 0 Å². The van der Waals surface area contributed by atoms with E-state index in [0.29, 0.717) is 5.82 Å². The average Bonchev–Trinajstić information content (AvgIpc) is 2.91. The molecule has 0 unspecified atom stereocenters. The molecule has 0 aliphatic heterocycles. The van der Waals surface area contributed by atoms with E-state index in [1.165, 1.54) is 7.11 Å². The second-order valence-electron chi connectivity index (χ2n) is 4.02. The first kappa shape index (κ1) is 15.2. The van der Waals surface area contributed by atoms with Crippen LogP contribution in [0.4, 0.5) is 10.1 Å². The van der Waals surface area contributed by atoms with Crippen molar-refractivity contribution in [2.75, 3.05) is 19.4 Å². The van der Waals surface area contributed by atoms with Crippen molar-refractivity contribution in [1.82, 2.24) is 14.9 Å². The second kappa shape index (κ2) is 6.06. The van der Waals surface area contributed by atoms with Gasteiger partial charge in [-0.3, -0.25) is 0 Å². The van der Waals surface area contributed by atoms with Crippen molar-refractivity contribution in [3.8, 4) is 5.75 Å². The van der Waals surface area contributed by atoms with Crippen molar-refractivity contribution in [1.29, 1.82) is 0 Å². The number of hydrogen-bond donors (Lipinski definition) is 2. The van der Waals surface area contributed by atoms with Crippen LogP contribution in [0, 0.1) is 5.82 Å². The molecule has 0 radical (unpaired) electrons. The van der Waals surface area contributed by atoms with Crippen molar-refractivity contribution in [3.05, 3.63) is 30.2 Å². The number of ether oxygens (including phenoxy) is 1. The van der Waals surface area contributed by atoms with Gasteiger partial charge in [-0.1, -0.05) is 5.16 Å². The summed E-state index contributed by atoms with van der Waals surface area (Å²) in [5.41, 5.74) is 5.44. The van der Waals surface area contributed by atoms with Crippen LogP contribution in [-0.2, 0) is 16.4 Å². The van der Waals surface area contributed by atoms with Crippen molar-refractivity contribution < 1.29 is 22.1 Å². The molecule has 8 nitrogen and oxygen atoms in total. The van der Waals surface area contributed by atoms with Gasteiger partial charge in [0.25, 0.3) is 0 Å². The minimum Gasteiger partial charge on any atom is -0.492 e. The molecule has 0 bridgehead atoms. The third kappa shape index (κ3) is 3.47. The number of sulfonamides is 1. The fraction of sp³-hybridized carbons (Fsp3) is 0.273. The van der Waals surface area contributed by atoms with Gasteiger partial charge in [0.1, 0.15) is 0 Å². The highest BCUT2D eigenvalue weighted by molar-refractivity contribution is 7.89. The number of benzene rings is 1. The number of nitrogens with zero attached hydrogens (tertiary/aromatic N) is 2. The Balaban J connectivity index is 2.12. The number of aromatic nitrogens is 2. The monoisotopic (exact) mass is 316 g/mol. The topological polar surface area (TPSA) is 120 Å². The van der Waals surface area contributed by atoms with Crippen LogP contribution in [0.1, 0.15) is 5.82 Å². The Hall–Kier alpha value is -2.20. The van der Waals surface area contributed by atoms with Crippen LogP contribution < -0.4 is 15.2 Å². The summed E-state index contributed by atoms with van der Waals surface area (Å²) in [6.07, 6.45) is 1.38. The number of nitrogen functional groups attached to an aromatic ring is 1. The van der Waals surface area contributed by atoms with E-state index in [0.717, 1.165) is 18.5 Å². The van der Waals surface area contributed by atoms with E-state index in [1.54, 1.807) is 0 Å². The van der Waals surface area contributed by atoms with Gasteiger partial charge >= 0.3 is 0 Å².